The summed E-state index contributed by atoms with van der Waals surface area (Å²) in [5, 5.41) is 9.77. The van der Waals surface area contributed by atoms with Gasteiger partial charge in [0.25, 0.3) is 0 Å². The van der Waals surface area contributed by atoms with Gasteiger partial charge >= 0.3 is 0 Å². The van der Waals surface area contributed by atoms with E-state index in [4.69, 9.17) is 14.2 Å². The standard InChI is InChI=1S/C20H37NO7/c1-19(2,25)8-13-28-20(3,4)14-18(24)21(5)17(15-26-11-6-9-22)16-27-12-7-10-23/h9-10,17,25H,6-8,11-16H2,1-5H3. The van der Waals surface area contributed by atoms with Crippen molar-refractivity contribution < 1.29 is 33.7 Å². The maximum Gasteiger partial charge on any atom is 0.225 e. The van der Waals surface area contributed by atoms with E-state index in [9.17, 15) is 19.5 Å². The fourth-order valence-corrected chi connectivity index (χ4v) is 2.29. The van der Waals surface area contributed by atoms with Crippen molar-refractivity contribution in [2.45, 2.75) is 70.6 Å². The molecule has 0 aromatic heterocycles. The lowest BCUT2D eigenvalue weighted by molar-refractivity contribution is -0.142. The van der Waals surface area contributed by atoms with Gasteiger partial charge < -0.3 is 33.8 Å². The minimum Gasteiger partial charge on any atom is -0.390 e. The molecule has 0 aliphatic rings. The summed E-state index contributed by atoms with van der Waals surface area (Å²) >= 11 is 0. The quantitative estimate of drug-likeness (QED) is 0.289. The Morgan fingerprint density at radius 2 is 1.50 bits per heavy atom. The average Bonchev–Trinajstić information content (AvgIpc) is 2.58. The molecule has 0 saturated heterocycles. The summed E-state index contributed by atoms with van der Waals surface area (Å²) in [6.45, 7) is 8.46. The van der Waals surface area contributed by atoms with Gasteiger partial charge in [0.05, 0.1) is 56.7 Å². The van der Waals surface area contributed by atoms with E-state index in [1.54, 1.807) is 25.8 Å². The molecule has 0 aliphatic carbocycles. The van der Waals surface area contributed by atoms with Crippen LogP contribution in [0.25, 0.3) is 0 Å². The molecular formula is C20H37NO7. The summed E-state index contributed by atoms with van der Waals surface area (Å²) < 4.78 is 16.7. The molecule has 0 unspecified atom stereocenters. The van der Waals surface area contributed by atoms with E-state index in [0.29, 0.717) is 25.9 Å². The predicted molar refractivity (Wildman–Crippen MR) is 105 cm³/mol. The molecule has 0 fully saturated rings. The van der Waals surface area contributed by atoms with E-state index in [-0.39, 0.29) is 44.8 Å². The van der Waals surface area contributed by atoms with E-state index in [2.05, 4.69) is 0 Å². The number of rotatable bonds is 17. The molecule has 8 heteroatoms. The van der Waals surface area contributed by atoms with Gasteiger partial charge in [-0.15, -0.1) is 0 Å². The third-order valence-electron chi connectivity index (χ3n) is 4.11. The lowest BCUT2D eigenvalue weighted by atomic mass is 10.0. The van der Waals surface area contributed by atoms with Crippen LogP contribution in [-0.4, -0.2) is 85.8 Å². The molecule has 1 N–H and O–H groups in total. The van der Waals surface area contributed by atoms with Crippen molar-refractivity contribution >= 4 is 18.5 Å². The Bertz CT molecular complexity index is 444. The molecule has 0 atom stereocenters. The Morgan fingerprint density at radius 3 is 1.93 bits per heavy atom. The van der Waals surface area contributed by atoms with Gasteiger partial charge in [0.2, 0.25) is 5.91 Å². The summed E-state index contributed by atoms with van der Waals surface area (Å²) in [4.78, 5) is 35.1. The summed E-state index contributed by atoms with van der Waals surface area (Å²) in [6.07, 6.45) is 2.76. The van der Waals surface area contributed by atoms with Crippen LogP contribution < -0.4 is 0 Å². The first kappa shape index (κ1) is 26.6. The highest BCUT2D eigenvalue weighted by molar-refractivity contribution is 5.77. The third kappa shape index (κ3) is 13.8. The maximum atomic E-state index is 12.7. The normalized spacial score (nSPS) is 12.2. The first-order valence-corrected chi connectivity index (χ1v) is 9.67. The molecule has 0 radical (unpaired) electrons. The third-order valence-corrected chi connectivity index (χ3v) is 4.11. The van der Waals surface area contributed by atoms with E-state index < -0.39 is 11.2 Å². The maximum absolute atomic E-state index is 12.7. The second-order valence-electron chi connectivity index (χ2n) is 8.07. The van der Waals surface area contributed by atoms with Crippen LogP contribution in [0, 0.1) is 0 Å². The van der Waals surface area contributed by atoms with E-state index in [1.165, 1.54) is 0 Å². The first-order chi connectivity index (χ1) is 13.0. The van der Waals surface area contributed by atoms with Crippen molar-refractivity contribution in [2.24, 2.45) is 0 Å². The van der Waals surface area contributed by atoms with Gasteiger partial charge in [0.1, 0.15) is 12.6 Å². The fourth-order valence-electron chi connectivity index (χ4n) is 2.29. The Hall–Kier alpha value is -1.35. The molecule has 0 aromatic rings. The van der Waals surface area contributed by atoms with Crippen LogP contribution in [0.5, 0.6) is 0 Å². The SMILES string of the molecule is CN(C(=O)CC(C)(C)OCCC(C)(C)O)C(COCCC=O)COCCC=O. The molecule has 0 aromatic carbocycles. The Labute approximate surface area is 168 Å². The number of carbonyl (C=O) groups is 3. The van der Waals surface area contributed by atoms with E-state index in [0.717, 1.165) is 12.6 Å². The van der Waals surface area contributed by atoms with Gasteiger partial charge in [0.15, 0.2) is 0 Å². The second kappa shape index (κ2) is 13.8. The van der Waals surface area contributed by atoms with Crippen molar-refractivity contribution in [3.63, 3.8) is 0 Å². The van der Waals surface area contributed by atoms with Crippen LogP contribution in [0.3, 0.4) is 0 Å². The summed E-state index contributed by atoms with van der Waals surface area (Å²) in [5.41, 5.74) is -1.50. The lowest BCUT2D eigenvalue weighted by Gasteiger charge is -2.32. The number of carbonyl (C=O) groups excluding carboxylic acids is 3. The zero-order chi connectivity index (χ0) is 21.6. The molecule has 1 amide bonds. The van der Waals surface area contributed by atoms with Crippen LogP contribution in [0.4, 0.5) is 0 Å². The minimum absolute atomic E-state index is 0.128. The van der Waals surface area contributed by atoms with Crippen LogP contribution in [0.2, 0.25) is 0 Å². The van der Waals surface area contributed by atoms with Gasteiger partial charge in [-0.05, 0) is 34.1 Å². The van der Waals surface area contributed by atoms with Gasteiger partial charge in [-0.2, -0.15) is 0 Å². The first-order valence-electron chi connectivity index (χ1n) is 9.67. The Morgan fingerprint density at radius 1 is 1.00 bits per heavy atom. The summed E-state index contributed by atoms with van der Waals surface area (Å²) in [6, 6.07) is -0.335. The highest BCUT2D eigenvalue weighted by atomic mass is 16.5. The molecular weight excluding hydrogens is 366 g/mol. The number of hydrogen-bond acceptors (Lipinski definition) is 7. The van der Waals surface area contributed by atoms with Gasteiger partial charge in [-0.25, -0.2) is 0 Å². The highest BCUT2D eigenvalue weighted by Crippen LogP contribution is 2.19. The minimum atomic E-state index is -0.820. The van der Waals surface area contributed by atoms with Gasteiger partial charge in [0, 0.05) is 19.9 Å². The molecule has 0 rings (SSSR count). The molecule has 0 aliphatic heterocycles. The predicted octanol–water partition coefficient (Wildman–Crippen LogP) is 1.37. The molecule has 0 heterocycles. The van der Waals surface area contributed by atoms with Gasteiger partial charge in [-0.3, -0.25) is 4.79 Å². The van der Waals surface area contributed by atoms with Crippen LogP contribution in [0.15, 0.2) is 0 Å². The van der Waals surface area contributed by atoms with E-state index >= 15 is 0 Å². The number of ether oxygens (including phenoxy) is 3. The van der Waals surface area contributed by atoms with Crippen molar-refractivity contribution in [3.8, 4) is 0 Å². The highest BCUT2D eigenvalue weighted by Gasteiger charge is 2.28. The fraction of sp³-hybridized carbons (Fsp3) is 0.850. The Kier molecular flexibility index (Phi) is 13.1. The molecule has 0 saturated carbocycles. The average molecular weight is 404 g/mol. The number of amides is 1. The zero-order valence-electron chi connectivity index (χ0n) is 17.9. The van der Waals surface area contributed by atoms with Crippen LogP contribution >= 0.6 is 0 Å². The van der Waals surface area contributed by atoms with E-state index in [1.807, 2.05) is 13.8 Å². The number of likely N-dealkylation sites (N-methyl/N-ethyl adjacent to an activating group) is 1. The topological polar surface area (TPSA) is 102 Å². The largest absolute Gasteiger partial charge is 0.390 e. The molecule has 28 heavy (non-hydrogen) atoms. The number of nitrogens with zero attached hydrogens (tertiary/aromatic N) is 1. The van der Waals surface area contributed by atoms with Crippen molar-refractivity contribution in [1.29, 1.82) is 0 Å². The summed E-state index contributed by atoms with van der Waals surface area (Å²) in [5.74, 6) is -0.128. The monoisotopic (exact) mass is 403 g/mol. The molecule has 0 spiro atoms. The summed E-state index contributed by atoms with van der Waals surface area (Å²) in [7, 11) is 1.67. The number of hydrogen-bond donors (Lipinski definition) is 1. The number of aldehydes is 2. The van der Waals surface area contributed by atoms with Crippen LogP contribution in [0.1, 0.15) is 53.4 Å². The molecule has 164 valence electrons. The van der Waals surface area contributed by atoms with Crippen LogP contribution in [-0.2, 0) is 28.6 Å². The Balaban J connectivity index is 4.67. The zero-order valence-corrected chi connectivity index (χ0v) is 17.9. The van der Waals surface area contributed by atoms with Gasteiger partial charge in [-0.1, -0.05) is 0 Å². The smallest absolute Gasteiger partial charge is 0.225 e. The van der Waals surface area contributed by atoms with Crippen molar-refractivity contribution in [3.05, 3.63) is 0 Å². The van der Waals surface area contributed by atoms with Crippen molar-refractivity contribution in [2.75, 3.05) is 40.1 Å². The molecule has 8 nitrogen and oxygen atoms in total. The second-order valence-corrected chi connectivity index (χ2v) is 8.07. The van der Waals surface area contributed by atoms with Crippen molar-refractivity contribution in [1.82, 2.24) is 4.90 Å². The number of aliphatic hydroxyl groups is 1. The lowest BCUT2D eigenvalue weighted by Crippen LogP contribution is -2.46. The molecule has 0 bridgehead atoms.